The average Bonchev–Trinajstić information content (AvgIpc) is 2.98. The van der Waals surface area contributed by atoms with E-state index in [1.165, 1.54) is 18.2 Å². The first-order valence-corrected chi connectivity index (χ1v) is 13.3. The van der Waals surface area contributed by atoms with Gasteiger partial charge in [0.1, 0.15) is 43.7 Å². The number of benzene rings is 3. The highest BCUT2D eigenvalue weighted by Gasteiger charge is 2.39. The average molecular weight is 580 g/mol. The van der Waals surface area contributed by atoms with Crippen molar-refractivity contribution in [1.29, 1.82) is 0 Å². The summed E-state index contributed by atoms with van der Waals surface area (Å²) in [5, 5.41) is 3.04. The molecule has 0 aromatic heterocycles. The van der Waals surface area contributed by atoms with Crippen molar-refractivity contribution in [3.05, 3.63) is 113 Å². The zero-order valence-corrected chi connectivity index (χ0v) is 23.2. The van der Waals surface area contributed by atoms with E-state index in [2.05, 4.69) is 5.32 Å². The first kappa shape index (κ1) is 30.1. The van der Waals surface area contributed by atoms with Crippen molar-refractivity contribution in [2.75, 3.05) is 26.4 Å². The molecule has 0 unspecified atom stereocenters. The number of dihydropyridines is 1. The topological polar surface area (TPSA) is 92.3 Å². The highest BCUT2D eigenvalue weighted by molar-refractivity contribution is 6.00. The number of carbonyl (C=O) groups is 2. The molecule has 3 aromatic rings. The molecule has 220 valence electrons. The minimum Gasteiger partial charge on any atom is -0.490 e. The number of allylic oxidation sites excluding steroid dienone is 2. The number of esters is 2. The second-order valence-corrected chi connectivity index (χ2v) is 9.15. The Morgan fingerprint density at radius 2 is 1.14 bits per heavy atom. The van der Waals surface area contributed by atoms with Gasteiger partial charge < -0.3 is 29.0 Å². The van der Waals surface area contributed by atoms with Crippen LogP contribution in [-0.2, 0) is 19.1 Å². The van der Waals surface area contributed by atoms with Crippen LogP contribution in [0.2, 0.25) is 0 Å². The number of rotatable bonds is 13. The van der Waals surface area contributed by atoms with Crippen LogP contribution in [0.25, 0.3) is 0 Å². The minimum atomic E-state index is -3.13. The molecule has 10 heteroatoms. The molecular weight excluding hydrogens is 548 g/mol. The van der Waals surface area contributed by atoms with E-state index in [1.54, 1.807) is 44.2 Å². The van der Waals surface area contributed by atoms with Gasteiger partial charge in [-0.15, -0.1) is 0 Å². The lowest BCUT2D eigenvalue weighted by atomic mass is 9.80. The van der Waals surface area contributed by atoms with Crippen LogP contribution >= 0.6 is 0 Å². The maximum Gasteiger partial charge on any atom is 0.387 e. The summed E-state index contributed by atoms with van der Waals surface area (Å²) < 4.78 is 53.7. The van der Waals surface area contributed by atoms with Gasteiger partial charge in [-0.25, -0.2) is 9.59 Å². The highest BCUT2D eigenvalue weighted by atomic mass is 19.3. The quantitative estimate of drug-likeness (QED) is 0.202. The van der Waals surface area contributed by atoms with Gasteiger partial charge in [0.15, 0.2) is 0 Å². The normalized spacial score (nSPS) is 13.5. The van der Waals surface area contributed by atoms with Gasteiger partial charge in [-0.1, -0.05) is 54.6 Å². The second-order valence-electron chi connectivity index (χ2n) is 9.15. The fraction of sp³-hybridized carbons (Fsp3) is 0.250. The van der Waals surface area contributed by atoms with Crippen molar-refractivity contribution in [2.45, 2.75) is 26.4 Å². The smallest absolute Gasteiger partial charge is 0.387 e. The molecule has 1 heterocycles. The largest absolute Gasteiger partial charge is 0.490 e. The SMILES string of the molecule is CC1=C(C(=O)OCCOc2ccccc2)C(c2ccccc2OC(F)F)C(C(=O)OCCOc2ccccc2)=C(C)N1. The Morgan fingerprint density at radius 1 is 0.690 bits per heavy atom. The summed E-state index contributed by atoms with van der Waals surface area (Å²) in [5.41, 5.74) is 1.07. The van der Waals surface area contributed by atoms with Gasteiger partial charge in [0.25, 0.3) is 0 Å². The van der Waals surface area contributed by atoms with E-state index in [9.17, 15) is 18.4 Å². The standard InChI is InChI=1S/C32H31F2NO7/c1-21-27(30(36)40-19-17-38-23-11-5-3-6-12-23)29(25-15-9-10-16-26(25)42-32(33)34)28(22(2)35-21)31(37)41-20-18-39-24-13-7-4-8-14-24/h3-16,29,32,35H,17-20H2,1-2H3. The van der Waals surface area contributed by atoms with Crippen molar-refractivity contribution in [2.24, 2.45) is 0 Å². The van der Waals surface area contributed by atoms with Crippen LogP contribution in [0.1, 0.15) is 25.3 Å². The number of hydrogen-bond donors (Lipinski definition) is 1. The summed E-state index contributed by atoms with van der Waals surface area (Å²) in [7, 11) is 0. The number of halogens is 2. The van der Waals surface area contributed by atoms with Crippen LogP contribution in [0.3, 0.4) is 0 Å². The molecule has 3 aromatic carbocycles. The van der Waals surface area contributed by atoms with E-state index in [0.717, 1.165) is 0 Å². The van der Waals surface area contributed by atoms with E-state index >= 15 is 0 Å². The number of nitrogens with one attached hydrogen (secondary N) is 1. The monoisotopic (exact) mass is 579 g/mol. The zero-order valence-electron chi connectivity index (χ0n) is 23.2. The van der Waals surface area contributed by atoms with Crippen LogP contribution in [0.5, 0.6) is 17.2 Å². The van der Waals surface area contributed by atoms with Crippen molar-refractivity contribution < 1.29 is 42.1 Å². The lowest BCUT2D eigenvalue weighted by Gasteiger charge is -2.31. The first-order chi connectivity index (χ1) is 20.3. The van der Waals surface area contributed by atoms with Crippen molar-refractivity contribution in [3.8, 4) is 17.2 Å². The molecule has 0 bridgehead atoms. The second kappa shape index (κ2) is 14.7. The molecule has 4 rings (SSSR count). The molecule has 1 aliphatic heterocycles. The predicted octanol–water partition coefficient (Wildman–Crippen LogP) is 5.77. The van der Waals surface area contributed by atoms with E-state index in [4.69, 9.17) is 23.7 Å². The summed E-state index contributed by atoms with van der Waals surface area (Å²) in [6, 6.07) is 24.0. The maximum absolute atomic E-state index is 13.5. The van der Waals surface area contributed by atoms with E-state index in [-0.39, 0.29) is 48.9 Å². The number of para-hydroxylation sites is 3. The fourth-order valence-electron chi connectivity index (χ4n) is 4.55. The lowest BCUT2D eigenvalue weighted by molar-refractivity contribution is -0.140. The Bertz CT molecular complexity index is 1340. The summed E-state index contributed by atoms with van der Waals surface area (Å²) in [6.07, 6.45) is 0. The van der Waals surface area contributed by atoms with Gasteiger partial charge in [-0.05, 0) is 44.2 Å². The molecule has 0 fully saturated rings. The van der Waals surface area contributed by atoms with Crippen molar-refractivity contribution >= 4 is 11.9 Å². The minimum absolute atomic E-state index is 0.0538. The highest BCUT2D eigenvalue weighted by Crippen LogP contribution is 2.43. The van der Waals surface area contributed by atoms with Gasteiger partial charge in [-0.2, -0.15) is 8.78 Å². The summed E-state index contributed by atoms with van der Waals surface area (Å²) in [6.45, 7) is 0.128. The number of hydrogen-bond acceptors (Lipinski definition) is 8. The van der Waals surface area contributed by atoms with E-state index in [1.807, 2.05) is 36.4 Å². The fourth-order valence-corrected chi connectivity index (χ4v) is 4.55. The van der Waals surface area contributed by atoms with Gasteiger partial charge >= 0.3 is 18.6 Å². The third-order valence-electron chi connectivity index (χ3n) is 6.30. The summed E-state index contributed by atoms with van der Waals surface area (Å²) in [4.78, 5) is 26.9. The van der Waals surface area contributed by atoms with E-state index < -0.39 is 24.5 Å². The van der Waals surface area contributed by atoms with Crippen LogP contribution < -0.4 is 19.5 Å². The number of alkyl halides is 2. The molecule has 0 amide bonds. The molecule has 1 N–H and O–H groups in total. The number of ether oxygens (including phenoxy) is 5. The van der Waals surface area contributed by atoms with Crippen LogP contribution in [0, 0.1) is 0 Å². The molecule has 0 saturated heterocycles. The molecular formula is C32H31F2NO7. The molecule has 0 atom stereocenters. The zero-order chi connectivity index (χ0) is 29.9. The Hall–Kier alpha value is -4.86. The molecule has 42 heavy (non-hydrogen) atoms. The van der Waals surface area contributed by atoms with Crippen LogP contribution in [0.4, 0.5) is 8.78 Å². The Morgan fingerprint density at radius 3 is 1.62 bits per heavy atom. The lowest BCUT2D eigenvalue weighted by Crippen LogP contribution is -2.33. The summed E-state index contributed by atoms with van der Waals surface area (Å²) in [5.74, 6) is -1.59. The predicted molar refractivity (Wildman–Crippen MR) is 150 cm³/mol. The Balaban J connectivity index is 1.56. The Kier molecular flexibility index (Phi) is 10.5. The van der Waals surface area contributed by atoms with Gasteiger partial charge in [0, 0.05) is 17.0 Å². The van der Waals surface area contributed by atoms with Gasteiger partial charge in [-0.3, -0.25) is 0 Å². The van der Waals surface area contributed by atoms with Crippen molar-refractivity contribution in [3.63, 3.8) is 0 Å². The Labute approximate surface area is 242 Å². The van der Waals surface area contributed by atoms with Gasteiger partial charge in [0.05, 0.1) is 17.1 Å². The molecule has 0 spiro atoms. The third kappa shape index (κ3) is 7.87. The van der Waals surface area contributed by atoms with E-state index in [0.29, 0.717) is 22.9 Å². The maximum atomic E-state index is 13.5. The van der Waals surface area contributed by atoms with Crippen LogP contribution in [0.15, 0.2) is 107 Å². The first-order valence-electron chi connectivity index (χ1n) is 13.3. The summed E-state index contributed by atoms with van der Waals surface area (Å²) >= 11 is 0. The van der Waals surface area contributed by atoms with Crippen LogP contribution in [-0.4, -0.2) is 45.0 Å². The molecule has 1 aliphatic rings. The molecule has 0 aliphatic carbocycles. The number of carbonyl (C=O) groups excluding carboxylic acids is 2. The third-order valence-corrected chi connectivity index (χ3v) is 6.30. The molecule has 0 saturated carbocycles. The van der Waals surface area contributed by atoms with Crippen molar-refractivity contribution in [1.82, 2.24) is 5.32 Å². The molecule has 8 nitrogen and oxygen atoms in total. The molecule has 0 radical (unpaired) electrons. The van der Waals surface area contributed by atoms with Gasteiger partial charge in [0.2, 0.25) is 0 Å².